The first-order valence-corrected chi connectivity index (χ1v) is 10.5. The molecule has 3 nitrogen and oxygen atoms in total. The fourth-order valence-corrected chi connectivity index (χ4v) is 4.66. The Morgan fingerprint density at radius 1 is 0.909 bits per heavy atom. The molecular formula is C24H21F6NO2. The molecule has 1 fully saturated rings. The molecule has 0 spiro atoms. The molecule has 33 heavy (non-hydrogen) atoms. The zero-order valence-electron chi connectivity index (χ0n) is 17.4. The molecule has 1 saturated heterocycles. The van der Waals surface area contributed by atoms with Gasteiger partial charge in [-0.15, -0.1) is 0 Å². The minimum absolute atomic E-state index is 0.0291. The third-order valence-corrected chi connectivity index (χ3v) is 6.05. The fraction of sp³-hybridized carbons (Fsp3) is 0.375. The van der Waals surface area contributed by atoms with Crippen molar-refractivity contribution in [3.05, 3.63) is 76.9 Å². The fourth-order valence-electron chi connectivity index (χ4n) is 4.66. The van der Waals surface area contributed by atoms with Gasteiger partial charge in [0, 0.05) is 11.6 Å². The Balaban J connectivity index is 1.67. The van der Waals surface area contributed by atoms with Crippen LogP contribution in [0.2, 0.25) is 0 Å². The summed E-state index contributed by atoms with van der Waals surface area (Å²) in [5.41, 5.74) is -2.73. The largest absolute Gasteiger partial charge is 0.445 e. The van der Waals surface area contributed by atoms with Crippen LogP contribution in [0.15, 0.2) is 54.6 Å². The number of rotatable bonds is 3. The molecule has 0 aromatic heterocycles. The number of nitrogens with zero attached hydrogens (tertiary/aromatic N) is 1. The van der Waals surface area contributed by atoms with Crippen LogP contribution in [0, 0.1) is 0 Å². The lowest BCUT2D eigenvalue weighted by Crippen LogP contribution is -2.51. The van der Waals surface area contributed by atoms with Crippen LogP contribution < -0.4 is 0 Å². The summed E-state index contributed by atoms with van der Waals surface area (Å²) >= 11 is 0. The Bertz CT molecular complexity index is 1010. The molecule has 2 aromatic rings. The summed E-state index contributed by atoms with van der Waals surface area (Å²) in [4.78, 5) is 14.3. The van der Waals surface area contributed by atoms with Crippen molar-refractivity contribution >= 4 is 11.7 Å². The first-order valence-electron chi connectivity index (χ1n) is 10.5. The molecule has 2 unspecified atom stereocenters. The van der Waals surface area contributed by atoms with Crippen LogP contribution in [0.25, 0.3) is 5.57 Å². The lowest BCUT2D eigenvalue weighted by molar-refractivity contribution is -0.143. The van der Waals surface area contributed by atoms with E-state index in [9.17, 15) is 31.1 Å². The molecule has 9 heteroatoms. The monoisotopic (exact) mass is 469 g/mol. The van der Waals surface area contributed by atoms with Crippen molar-refractivity contribution in [3.8, 4) is 0 Å². The van der Waals surface area contributed by atoms with Gasteiger partial charge in [-0.05, 0) is 49.0 Å². The third-order valence-electron chi connectivity index (χ3n) is 6.05. The molecular weight excluding hydrogens is 448 g/mol. The van der Waals surface area contributed by atoms with E-state index in [1.807, 2.05) is 6.07 Å². The number of ether oxygens (including phenoxy) is 1. The van der Waals surface area contributed by atoms with Crippen molar-refractivity contribution in [2.45, 2.75) is 56.7 Å². The highest BCUT2D eigenvalue weighted by Crippen LogP contribution is 2.46. The normalized spacial score (nSPS) is 20.9. The zero-order valence-corrected chi connectivity index (χ0v) is 17.4. The molecule has 0 N–H and O–H groups in total. The maximum Gasteiger partial charge on any atom is 0.417 e. The smallest absolute Gasteiger partial charge is 0.417 e. The number of carbonyl (C=O) groups excluding carboxylic acids is 1. The van der Waals surface area contributed by atoms with E-state index in [1.54, 1.807) is 24.3 Å². The van der Waals surface area contributed by atoms with Crippen LogP contribution in [-0.2, 0) is 23.7 Å². The second kappa shape index (κ2) is 8.76. The predicted octanol–water partition coefficient (Wildman–Crippen LogP) is 7.07. The van der Waals surface area contributed by atoms with Gasteiger partial charge in [-0.25, -0.2) is 4.79 Å². The van der Waals surface area contributed by atoms with Crippen LogP contribution in [0.3, 0.4) is 0 Å². The van der Waals surface area contributed by atoms with Crippen molar-refractivity contribution in [1.82, 2.24) is 4.90 Å². The summed E-state index contributed by atoms with van der Waals surface area (Å²) in [5.74, 6) is 0. The van der Waals surface area contributed by atoms with Gasteiger partial charge in [-0.3, -0.25) is 4.90 Å². The summed E-state index contributed by atoms with van der Waals surface area (Å²) < 4.78 is 87.3. The van der Waals surface area contributed by atoms with Gasteiger partial charge >= 0.3 is 18.4 Å². The van der Waals surface area contributed by atoms with E-state index >= 15 is 0 Å². The van der Waals surface area contributed by atoms with E-state index < -0.39 is 47.2 Å². The number of hydrogen-bond acceptors (Lipinski definition) is 2. The molecule has 4 rings (SSSR count). The van der Waals surface area contributed by atoms with Gasteiger partial charge in [-0.1, -0.05) is 42.5 Å². The van der Waals surface area contributed by atoms with Crippen molar-refractivity contribution < 1.29 is 35.9 Å². The maximum absolute atomic E-state index is 13.6. The molecule has 2 atom stereocenters. The van der Waals surface area contributed by atoms with Gasteiger partial charge in [0.25, 0.3) is 0 Å². The average Bonchev–Trinajstić information content (AvgIpc) is 2.75. The number of piperidine rings is 1. The van der Waals surface area contributed by atoms with Crippen molar-refractivity contribution in [2.24, 2.45) is 0 Å². The van der Waals surface area contributed by atoms with Crippen LogP contribution >= 0.6 is 0 Å². The van der Waals surface area contributed by atoms with Crippen LogP contribution in [0.1, 0.15) is 47.9 Å². The first-order chi connectivity index (χ1) is 15.6. The van der Waals surface area contributed by atoms with E-state index in [-0.39, 0.29) is 18.6 Å². The van der Waals surface area contributed by atoms with Crippen molar-refractivity contribution in [3.63, 3.8) is 0 Å². The SMILES string of the molecule is O=C(OCc1ccccc1)N1C2C=C(c3c(C(F)(F)F)cccc3C(F)(F)F)CC1CCC2. The predicted molar refractivity (Wildman–Crippen MR) is 109 cm³/mol. The molecule has 1 amide bonds. The molecule has 0 aliphatic carbocycles. The highest BCUT2D eigenvalue weighted by Gasteiger charge is 2.44. The average molecular weight is 469 g/mol. The molecule has 0 radical (unpaired) electrons. The Hall–Kier alpha value is -2.97. The van der Waals surface area contributed by atoms with Crippen molar-refractivity contribution in [1.29, 1.82) is 0 Å². The highest BCUT2D eigenvalue weighted by molar-refractivity contribution is 5.77. The Kier molecular flexibility index (Phi) is 6.16. The van der Waals surface area contributed by atoms with Crippen LogP contribution in [-0.4, -0.2) is 23.1 Å². The zero-order chi connectivity index (χ0) is 23.8. The standard InChI is InChI=1S/C24H21F6NO2/c25-23(26,27)19-10-5-11-20(24(28,29)30)21(19)16-12-17-8-4-9-18(13-16)31(17)22(32)33-14-15-6-2-1-3-7-15/h1-3,5-7,10-12,17-18H,4,8-9,13-14H2. The van der Waals surface area contributed by atoms with Gasteiger partial charge in [0.15, 0.2) is 0 Å². The summed E-state index contributed by atoms with van der Waals surface area (Å²) in [5, 5.41) is 0. The molecule has 0 saturated carbocycles. The number of halogens is 6. The number of alkyl halides is 6. The third kappa shape index (κ3) is 4.86. The lowest BCUT2D eigenvalue weighted by atomic mass is 9.80. The van der Waals surface area contributed by atoms with Gasteiger partial charge in [0.2, 0.25) is 0 Å². The minimum atomic E-state index is -4.95. The highest BCUT2D eigenvalue weighted by atomic mass is 19.4. The molecule has 2 aliphatic rings. The van der Waals surface area contributed by atoms with E-state index in [4.69, 9.17) is 4.74 Å². The summed E-state index contributed by atoms with van der Waals surface area (Å²) in [6.07, 6.45) is -7.61. The number of amides is 1. The number of benzene rings is 2. The van der Waals surface area contributed by atoms with Gasteiger partial charge in [0.05, 0.1) is 17.2 Å². The molecule has 2 bridgehead atoms. The molecule has 2 aromatic carbocycles. The topological polar surface area (TPSA) is 29.5 Å². The van der Waals surface area contributed by atoms with E-state index in [2.05, 4.69) is 0 Å². The van der Waals surface area contributed by atoms with E-state index in [0.29, 0.717) is 31.4 Å². The Morgan fingerprint density at radius 2 is 1.55 bits per heavy atom. The minimum Gasteiger partial charge on any atom is -0.445 e. The number of hydrogen-bond donors (Lipinski definition) is 0. The van der Waals surface area contributed by atoms with Gasteiger partial charge in [0.1, 0.15) is 6.61 Å². The van der Waals surface area contributed by atoms with Gasteiger partial charge in [-0.2, -0.15) is 26.3 Å². The first kappa shape index (κ1) is 23.2. The van der Waals surface area contributed by atoms with E-state index in [1.165, 1.54) is 11.0 Å². The van der Waals surface area contributed by atoms with Crippen molar-refractivity contribution in [2.75, 3.05) is 0 Å². The maximum atomic E-state index is 13.6. The summed E-state index contributed by atoms with van der Waals surface area (Å²) in [7, 11) is 0. The lowest BCUT2D eigenvalue weighted by Gasteiger charge is -2.44. The summed E-state index contributed by atoms with van der Waals surface area (Å²) in [6.45, 7) is 0.0291. The number of carbonyl (C=O) groups is 1. The molecule has 176 valence electrons. The number of fused-ring (bicyclic) bond motifs is 2. The Morgan fingerprint density at radius 3 is 2.12 bits per heavy atom. The molecule has 2 aliphatic heterocycles. The van der Waals surface area contributed by atoms with Gasteiger partial charge < -0.3 is 4.74 Å². The Labute approximate surface area is 186 Å². The van der Waals surface area contributed by atoms with Crippen LogP contribution in [0.4, 0.5) is 31.1 Å². The summed E-state index contributed by atoms with van der Waals surface area (Å²) in [6, 6.07) is 9.93. The quantitative estimate of drug-likeness (QED) is 0.450. The van der Waals surface area contributed by atoms with Crippen LogP contribution in [0.5, 0.6) is 0 Å². The van der Waals surface area contributed by atoms with E-state index in [0.717, 1.165) is 11.6 Å². The second-order valence-electron chi connectivity index (χ2n) is 8.22. The second-order valence-corrected chi connectivity index (χ2v) is 8.22. The molecule has 2 heterocycles.